The van der Waals surface area contributed by atoms with Gasteiger partial charge in [0.2, 0.25) is 5.91 Å². The molecule has 0 aliphatic heterocycles. The van der Waals surface area contributed by atoms with Crippen molar-refractivity contribution in [3.63, 3.8) is 0 Å². The Labute approximate surface area is 239 Å². The molecule has 1 aliphatic rings. The van der Waals surface area contributed by atoms with Gasteiger partial charge in [-0.2, -0.15) is 0 Å². The molecule has 1 aliphatic carbocycles. The molecule has 1 unspecified atom stereocenters. The van der Waals surface area contributed by atoms with Crippen LogP contribution in [0.4, 0.5) is 0 Å². The Morgan fingerprint density at radius 1 is 0.921 bits per heavy atom. The van der Waals surface area contributed by atoms with Crippen molar-refractivity contribution in [2.75, 3.05) is 6.61 Å². The molecule has 200 valence electrons. The van der Waals surface area contributed by atoms with Gasteiger partial charge >= 0.3 is 0 Å². The lowest BCUT2D eigenvalue weighted by Gasteiger charge is -2.32. The lowest BCUT2D eigenvalue weighted by Crippen LogP contribution is -2.53. The number of aryl methyl sites for hydroxylation is 1. The Morgan fingerprint density at radius 2 is 1.63 bits per heavy atom. The minimum absolute atomic E-state index is 0.121. The van der Waals surface area contributed by atoms with E-state index in [9.17, 15) is 9.59 Å². The summed E-state index contributed by atoms with van der Waals surface area (Å²) in [5.41, 5.74) is 2.57. The van der Waals surface area contributed by atoms with Crippen molar-refractivity contribution < 1.29 is 14.3 Å². The van der Waals surface area contributed by atoms with E-state index in [1.54, 1.807) is 35.2 Å². The van der Waals surface area contributed by atoms with Crippen molar-refractivity contribution in [3.05, 3.63) is 98.5 Å². The molecule has 0 bridgehead atoms. The molecule has 0 spiro atoms. The zero-order chi connectivity index (χ0) is 27.1. The Balaban J connectivity index is 1.63. The molecule has 1 fully saturated rings. The molecule has 1 saturated carbocycles. The smallest absolute Gasteiger partial charge is 0.261 e. The van der Waals surface area contributed by atoms with Crippen LogP contribution in [0.3, 0.4) is 0 Å². The number of nitrogens with zero attached hydrogens (tertiary/aromatic N) is 1. The van der Waals surface area contributed by atoms with E-state index in [1.165, 1.54) is 0 Å². The molecule has 0 aromatic heterocycles. The van der Waals surface area contributed by atoms with E-state index in [1.807, 2.05) is 43.3 Å². The number of rotatable bonds is 10. The maximum Gasteiger partial charge on any atom is 0.261 e. The number of carbonyl (C=O) groups excluding carboxylic acids is 2. The number of halogens is 3. The lowest BCUT2D eigenvalue weighted by molar-refractivity contribution is -0.143. The first-order valence-corrected chi connectivity index (χ1v) is 13.9. The molecule has 0 saturated heterocycles. The second kappa shape index (κ2) is 13.4. The average molecular weight is 574 g/mol. The minimum atomic E-state index is -0.740. The Kier molecular flexibility index (Phi) is 9.95. The first-order chi connectivity index (χ1) is 18.3. The van der Waals surface area contributed by atoms with Crippen LogP contribution in [0.25, 0.3) is 0 Å². The quantitative estimate of drug-likeness (QED) is 0.283. The molecular formula is C30H31Cl3N2O3. The van der Waals surface area contributed by atoms with Gasteiger partial charge in [-0.25, -0.2) is 0 Å². The summed E-state index contributed by atoms with van der Waals surface area (Å²) in [4.78, 5) is 29.0. The van der Waals surface area contributed by atoms with E-state index in [0.717, 1.165) is 42.4 Å². The van der Waals surface area contributed by atoms with Gasteiger partial charge in [0.05, 0.1) is 10.0 Å². The van der Waals surface area contributed by atoms with Gasteiger partial charge in [0.1, 0.15) is 11.8 Å². The van der Waals surface area contributed by atoms with Crippen LogP contribution < -0.4 is 10.1 Å². The Morgan fingerprint density at radius 3 is 2.32 bits per heavy atom. The summed E-state index contributed by atoms with van der Waals surface area (Å²) in [5, 5.41) is 4.63. The number of benzene rings is 3. The van der Waals surface area contributed by atoms with Gasteiger partial charge in [0, 0.05) is 24.0 Å². The SMILES string of the molecule is Cc1cc(OCC(=O)N(Cc2ccc(Cl)c(Cl)c2)C(Cc2ccccc2)C(=O)NC2CCCC2)ccc1Cl. The summed E-state index contributed by atoms with van der Waals surface area (Å²) in [7, 11) is 0. The van der Waals surface area contributed by atoms with Gasteiger partial charge in [-0.05, 0) is 66.8 Å². The summed E-state index contributed by atoms with van der Waals surface area (Å²) in [6, 6.07) is 19.6. The molecule has 2 amide bonds. The number of ether oxygens (including phenoxy) is 1. The second-order valence-corrected chi connectivity index (χ2v) is 10.9. The molecule has 8 heteroatoms. The maximum absolute atomic E-state index is 13.7. The van der Waals surface area contributed by atoms with Gasteiger partial charge in [0.25, 0.3) is 5.91 Å². The normalized spacial score (nSPS) is 14.2. The van der Waals surface area contributed by atoms with Gasteiger partial charge in [-0.15, -0.1) is 0 Å². The van der Waals surface area contributed by atoms with E-state index >= 15 is 0 Å². The topological polar surface area (TPSA) is 58.6 Å². The van der Waals surface area contributed by atoms with Crippen molar-refractivity contribution in [3.8, 4) is 5.75 Å². The van der Waals surface area contributed by atoms with E-state index < -0.39 is 6.04 Å². The number of hydrogen-bond acceptors (Lipinski definition) is 3. The van der Waals surface area contributed by atoms with Gasteiger partial charge in [0.15, 0.2) is 6.61 Å². The molecule has 1 atom stereocenters. The molecule has 3 aromatic carbocycles. The van der Waals surface area contributed by atoms with Gasteiger partial charge in [-0.3, -0.25) is 9.59 Å². The fourth-order valence-electron chi connectivity index (χ4n) is 4.69. The van der Waals surface area contributed by atoms with E-state index in [0.29, 0.717) is 27.2 Å². The monoisotopic (exact) mass is 572 g/mol. The highest BCUT2D eigenvalue weighted by atomic mass is 35.5. The average Bonchev–Trinajstić information content (AvgIpc) is 3.42. The molecule has 38 heavy (non-hydrogen) atoms. The van der Waals surface area contributed by atoms with Crippen molar-refractivity contribution in [1.29, 1.82) is 0 Å². The summed E-state index contributed by atoms with van der Waals surface area (Å²) in [6.45, 7) is 1.82. The predicted molar refractivity (Wildman–Crippen MR) is 153 cm³/mol. The van der Waals surface area contributed by atoms with Gasteiger partial charge in [-0.1, -0.05) is 84.0 Å². The fourth-order valence-corrected chi connectivity index (χ4v) is 5.13. The van der Waals surface area contributed by atoms with Gasteiger partial charge < -0.3 is 15.0 Å². The first kappa shape index (κ1) is 28.3. The Hall–Kier alpha value is -2.73. The molecule has 0 radical (unpaired) electrons. The fraction of sp³-hybridized carbons (Fsp3) is 0.333. The van der Waals surface area contributed by atoms with Crippen LogP contribution in [0, 0.1) is 6.92 Å². The summed E-state index contributed by atoms with van der Waals surface area (Å²) >= 11 is 18.5. The number of nitrogens with one attached hydrogen (secondary N) is 1. The van der Waals surface area contributed by atoms with E-state index in [-0.39, 0.29) is 31.0 Å². The molecule has 1 N–H and O–H groups in total. The van der Waals surface area contributed by atoms with Crippen LogP contribution in [0.1, 0.15) is 42.4 Å². The summed E-state index contributed by atoms with van der Waals surface area (Å²) < 4.78 is 5.85. The van der Waals surface area contributed by atoms with Crippen LogP contribution in [-0.2, 0) is 22.6 Å². The van der Waals surface area contributed by atoms with Crippen LogP contribution in [0.5, 0.6) is 5.75 Å². The highest BCUT2D eigenvalue weighted by molar-refractivity contribution is 6.42. The number of hydrogen-bond donors (Lipinski definition) is 1. The van der Waals surface area contributed by atoms with E-state index in [2.05, 4.69) is 5.32 Å². The highest BCUT2D eigenvalue weighted by Crippen LogP contribution is 2.26. The third-order valence-electron chi connectivity index (χ3n) is 6.80. The van der Waals surface area contributed by atoms with Crippen molar-refractivity contribution in [2.45, 2.75) is 57.7 Å². The minimum Gasteiger partial charge on any atom is -0.484 e. The lowest BCUT2D eigenvalue weighted by atomic mass is 10.0. The highest BCUT2D eigenvalue weighted by Gasteiger charge is 2.32. The zero-order valence-corrected chi connectivity index (χ0v) is 23.5. The standard InChI is InChI=1S/C30H31Cl3N2O3/c1-20-15-24(12-14-25(20)31)38-19-29(36)35(18-22-11-13-26(32)27(33)16-22)28(17-21-7-3-2-4-8-21)30(37)34-23-9-5-6-10-23/h2-4,7-8,11-16,23,28H,5-6,9-10,17-19H2,1H3,(H,34,37). The van der Waals surface area contributed by atoms with Crippen molar-refractivity contribution in [2.24, 2.45) is 0 Å². The summed E-state index contributed by atoms with van der Waals surface area (Å²) in [5.74, 6) is 0.0485. The molecular weight excluding hydrogens is 543 g/mol. The summed E-state index contributed by atoms with van der Waals surface area (Å²) in [6.07, 6.45) is 4.45. The third-order valence-corrected chi connectivity index (χ3v) is 7.96. The van der Waals surface area contributed by atoms with Crippen LogP contribution in [0.15, 0.2) is 66.7 Å². The molecule has 4 rings (SSSR count). The van der Waals surface area contributed by atoms with Crippen LogP contribution in [-0.4, -0.2) is 35.4 Å². The van der Waals surface area contributed by atoms with Crippen molar-refractivity contribution in [1.82, 2.24) is 10.2 Å². The predicted octanol–water partition coefficient (Wildman–Crippen LogP) is 7.03. The van der Waals surface area contributed by atoms with Crippen LogP contribution in [0.2, 0.25) is 15.1 Å². The second-order valence-electron chi connectivity index (χ2n) is 9.67. The number of carbonyl (C=O) groups is 2. The number of amides is 2. The van der Waals surface area contributed by atoms with Crippen LogP contribution >= 0.6 is 34.8 Å². The molecule has 0 heterocycles. The molecule has 5 nitrogen and oxygen atoms in total. The Bertz CT molecular complexity index is 1260. The maximum atomic E-state index is 13.7. The molecule has 3 aromatic rings. The van der Waals surface area contributed by atoms with Crippen molar-refractivity contribution >= 4 is 46.6 Å². The third kappa shape index (κ3) is 7.66. The van der Waals surface area contributed by atoms with E-state index in [4.69, 9.17) is 39.5 Å². The largest absolute Gasteiger partial charge is 0.484 e. The zero-order valence-electron chi connectivity index (χ0n) is 21.3. The first-order valence-electron chi connectivity index (χ1n) is 12.8.